The van der Waals surface area contributed by atoms with Crippen LogP contribution in [0.25, 0.3) is 11.1 Å². The molecule has 1 unspecified atom stereocenters. The summed E-state index contributed by atoms with van der Waals surface area (Å²) in [5.41, 5.74) is 3.44. The van der Waals surface area contributed by atoms with Crippen LogP contribution in [0.4, 0.5) is 13.2 Å². The number of nitriles is 1. The SMILES string of the molecule is Cn1cncc1C(OCc1ccc(C#N)cc1-c1cccc(Cl)c1)c1ccc(C(F)(F)F)cc1. The fourth-order valence-electron chi connectivity index (χ4n) is 3.69. The smallest absolute Gasteiger partial charge is 0.362 e. The van der Waals surface area contributed by atoms with Crippen LogP contribution in [0.2, 0.25) is 5.02 Å². The van der Waals surface area contributed by atoms with E-state index in [0.29, 0.717) is 21.8 Å². The maximum atomic E-state index is 13.0. The van der Waals surface area contributed by atoms with Gasteiger partial charge in [0, 0.05) is 12.1 Å². The second-order valence-corrected chi connectivity index (χ2v) is 8.17. The summed E-state index contributed by atoms with van der Waals surface area (Å²) in [5.74, 6) is 0. The molecular weight excluding hydrogens is 463 g/mol. The van der Waals surface area contributed by atoms with Gasteiger partial charge in [0.1, 0.15) is 6.10 Å². The van der Waals surface area contributed by atoms with Crippen LogP contribution in [0.3, 0.4) is 0 Å². The first-order chi connectivity index (χ1) is 16.3. The van der Waals surface area contributed by atoms with Crippen LogP contribution in [0.1, 0.15) is 34.1 Å². The van der Waals surface area contributed by atoms with Crippen LogP contribution in [0, 0.1) is 11.3 Å². The van der Waals surface area contributed by atoms with Crippen molar-refractivity contribution in [2.75, 3.05) is 0 Å². The topological polar surface area (TPSA) is 50.8 Å². The van der Waals surface area contributed by atoms with E-state index < -0.39 is 17.8 Å². The van der Waals surface area contributed by atoms with Gasteiger partial charge in [-0.2, -0.15) is 18.4 Å². The molecule has 0 aliphatic carbocycles. The molecule has 34 heavy (non-hydrogen) atoms. The number of nitrogens with zero attached hydrogens (tertiary/aromatic N) is 3. The zero-order valence-electron chi connectivity index (χ0n) is 18.1. The molecule has 1 heterocycles. The van der Waals surface area contributed by atoms with Crippen molar-refractivity contribution in [2.45, 2.75) is 18.9 Å². The number of hydrogen-bond donors (Lipinski definition) is 0. The van der Waals surface area contributed by atoms with Gasteiger partial charge in [-0.05, 0) is 58.7 Å². The minimum Gasteiger partial charge on any atom is -0.362 e. The number of imidazole rings is 1. The summed E-state index contributed by atoms with van der Waals surface area (Å²) >= 11 is 6.17. The summed E-state index contributed by atoms with van der Waals surface area (Å²) in [6.07, 6.45) is -1.85. The molecule has 0 spiro atoms. The molecule has 0 saturated carbocycles. The summed E-state index contributed by atoms with van der Waals surface area (Å²) in [4.78, 5) is 4.13. The minimum atomic E-state index is -4.42. The van der Waals surface area contributed by atoms with Gasteiger partial charge in [-0.3, -0.25) is 0 Å². The summed E-state index contributed by atoms with van der Waals surface area (Å²) in [5, 5.41) is 9.92. The van der Waals surface area contributed by atoms with Crippen LogP contribution in [0.15, 0.2) is 79.3 Å². The molecular formula is C26H19ClF3N3O. The maximum absolute atomic E-state index is 13.0. The molecule has 3 aromatic carbocycles. The van der Waals surface area contributed by atoms with Crippen molar-refractivity contribution in [2.24, 2.45) is 7.05 Å². The first kappa shape index (κ1) is 23.6. The Morgan fingerprint density at radius 3 is 2.47 bits per heavy atom. The number of rotatable bonds is 6. The van der Waals surface area contributed by atoms with Crippen molar-refractivity contribution in [1.82, 2.24) is 9.55 Å². The third-order valence-electron chi connectivity index (χ3n) is 5.44. The zero-order chi connectivity index (χ0) is 24.3. The fourth-order valence-corrected chi connectivity index (χ4v) is 3.88. The van der Waals surface area contributed by atoms with E-state index in [4.69, 9.17) is 16.3 Å². The average Bonchev–Trinajstić information content (AvgIpc) is 3.24. The quantitative estimate of drug-likeness (QED) is 0.300. The Labute approximate surface area is 199 Å². The maximum Gasteiger partial charge on any atom is 0.416 e. The van der Waals surface area contributed by atoms with Gasteiger partial charge in [0.05, 0.1) is 42.0 Å². The Bertz CT molecular complexity index is 1340. The van der Waals surface area contributed by atoms with Crippen LogP contribution in [0.5, 0.6) is 0 Å². The molecule has 0 radical (unpaired) electrons. The van der Waals surface area contributed by atoms with Crippen molar-refractivity contribution < 1.29 is 17.9 Å². The molecule has 1 aromatic heterocycles. The monoisotopic (exact) mass is 481 g/mol. The predicted octanol–water partition coefficient (Wildman–Crippen LogP) is 6.94. The lowest BCUT2D eigenvalue weighted by Crippen LogP contribution is -2.12. The van der Waals surface area contributed by atoms with E-state index in [9.17, 15) is 18.4 Å². The Morgan fingerprint density at radius 2 is 1.85 bits per heavy atom. The fraction of sp³-hybridized carbons (Fsp3) is 0.154. The van der Waals surface area contributed by atoms with Gasteiger partial charge in [0.25, 0.3) is 0 Å². The number of hydrogen-bond acceptors (Lipinski definition) is 3. The number of halogens is 4. The summed E-state index contributed by atoms with van der Waals surface area (Å²) in [6, 6.07) is 19.6. The van der Waals surface area contributed by atoms with Gasteiger partial charge in [0.2, 0.25) is 0 Å². The highest BCUT2D eigenvalue weighted by atomic mass is 35.5. The Hall–Kier alpha value is -3.60. The van der Waals surface area contributed by atoms with Gasteiger partial charge >= 0.3 is 6.18 Å². The lowest BCUT2D eigenvalue weighted by molar-refractivity contribution is -0.137. The van der Waals surface area contributed by atoms with Gasteiger partial charge in [-0.15, -0.1) is 0 Å². The molecule has 0 aliphatic rings. The number of ether oxygens (including phenoxy) is 1. The van der Waals surface area contributed by atoms with Gasteiger partial charge < -0.3 is 9.30 Å². The van der Waals surface area contributed by atoms with Gasteiger partial charge in [-0.1, -0.05) is 41.9 Å². The second-order valence-electron chi connectivity index (χ2n) is 7.73. The minimum absolute atomic E-state index is 0.143. The largest absolute Gasteiger partial charge is 0.416 e. The van der Waals surface area contributed by atoms with E-state index in [-0.39, 0.29) is 6.61 Å². The molecule has 0 saturated heterocycles. The van der Waals surface area contributed by atoms with Crippen LogP contribution >= 0.6 is 11.6 Å². The van der Waals surface area contributed by atoms with Crippen molar-refractivity contribution in [3.63, 3.8) is 0 Å². The predicted molar refractivity (Wildman–Crippen MR) is 123 cm³/mol. The second kappa shape index (κ2) is 9.72. The molecule has 4 rings (SSSR count). The van der Waals surface area contributed by atoms with Gasteiger partial charge in [-0.25, -0.2) is 4.98 Å². The van der Waals surface area contributed by atoms with E-state index in [1.165, 1.54) is 12.1 Å². The highest BCUT2D eigenvalue weighted by molar-refractivity contribution is 6.30. The van der Waals surface area contributed by atoms with E-state index >= 15 is 0 Å². The number of alkyl halides is 3. The first-order valence-electron chi connectivity index (χ1n) is 10.3. The molecule has 4 nitrogen and oxygen atoms in total. The molecule has 0 N–H and O–H groups in total. The third-order valence-corrected chi connectivity index (χ3v) is 5.68. The lowest BCUT2D eigenvalue weighted by atomic mass is 9.97. The zero-order valence-corrected chi connectivity index (χ0v) is 18.8. The summed E-state index contributed by atoms with van der Waals surface area (Å²) in [7, 11) is 1.79. The molecule has 0 bridgehead atoms. The molecule has 1 atom stereocenters. The van der Waals surface area contributed by atoms with Crippen molar-refractivity contribution in [1.29, 1.82) is 5.26 Å². The van der Waals surface area contributed by atoms with E-state index in [2.05, 4.69) is 11.1 Å². The Morgan fingerprint density at radius 1 is 1.09 bits per heavy atom. The summed E-state index contributed by atoms with van der Waals surface area (Å²) < 4.78 is 47.2. The number of aryl methyl sites for hydroxylation is 1. The number of aromatic nitrogens is 2. The molecule has 0 amide bonds. The normalized spacial score (nSPS) is 12.4. The lowest BCUT2D eigenvalue weighted by Gasteiger charge is -2.21. The first-order valence-corrected chi connectivity index (χ1v) is 10.7. The third kappa shape index (κ3) is 5.14. The molecule has 172 valence electrons. The Kier molecular flexibility index (Phi) is 6.73. The summed E-state index contributed by atoms with van der Waals surface area (Å²) in [6.45, 7) is 0.143. The van der Waals surface area contributed by atoms with Crippen molar-refractivity contribution >= 4 is 11.6 Å². The van der Waals surface area contributed by atoms with E-state index in [1.807, 2.05) is 18.2 Å². The molecule has 0 fully saturated rings. The van der Waals surface area contributed by atoms with E-state index in [1.54, 1.807) is 48.4 Å². The Balaban J connectivity index is 1.69. The standard InChI is InChI=1S/C26H19ClF3N3O/c1-33-16-32-14-24(33)25(18-7-9-21(10-8-18)26(28,29)30)34-15-20-6-5-17(13-31)11-23(20)19-3-2-4-22(27)12-19/h2-12,14,16,25H,15H2,1H3. The highest BCUT2D eigenvalue weighted by Gasteiger charge is 2.30. The number of benzene rings is 3. The van der Waals surface area contributed by atoms with Crippen LogP contribution < -0.4 is 0 Å². The van der Waals surface area contributed by atoms with Crippen LogP contribution in [-0.2, 0) is 24.6 Å². The van der Waals surface area contributed by atoms with Crippen molar-refractivity contribution in [3.8, 4) is 17.2 Å². The molecule has 0 aliphatic heterocycles. The molecule has 4 aromatic rings. The van der Waals surface area contributed by atoms with Crippen LogP contribution in [-0.4, -0.2) is 9.55 Å². The van der Waals surface area contributed by atoms with E-state index in [0.717, 1.165) is 28.8 Å². The highest BCUT2D eigenvalue weighted by Crippen LogP contribution is 2.34. The molecule has 8 heteroatoms. The average molecular weight is 482 g/mol. The van der Waals surface area contributed by atoms with Gasteiger partial charge in [0.15, 0.2) is 0 Å². The van der Waals surface area contributed by atoms with Crippen molar-refractivity contribution in [3.05, 3.63) is 112 Å².